The second-order valence-corrected chi connectivity index (χ2v) is 9.06. The van der Waals surface area contributed by atoms with Crippen LogP contribution < -0.4 is 11.5 Å². The van der Waals surface area contributed by atoms with E-state index in [2.05, 4.69) is 26.0 Å². The van der Waals surface area contributed by atoms with Gasteiger partial charge in [0.25, 0.3) is 0 Å². The number of unbranched alkanes of at least 4 members (excludes halogenated alkanes) is 11. The second kappa shape index (κ2) is 21.9. The Morgan fingerprint density at radius 2 is 1.31 bits per heavy atom. The van der Waals surface area contributed by atoms with Gasteiger partial charge in [-0.25, -0.2) is 0 Å². The molecule has 1 amide bonds. The summed E-state index contributed by atoms with van der Waals surface area (Å²) in [6, 6.07) is 0.435. The molecule has 1 fully saturated rings. The first-order valence-electron chi connectivity index (χ1n) is 12.8. The molecule has 0 aromatic carbocycles. The highest BCUT2D eigenvalue weighted by Crippen LogP contribution is 2.25. The van der Waals surface area contributed by atoms with Crippen LogP contribution in [-0.2, 0) is 4.79 Å². The average Bonchev–Trinajstić information content (AvgIpc) is 2.72. The summed E-state index contributed by atoms with van der Waals surface area (Å²) in [5, 5.41) is 0. The maximum atomic E-state index is 10.5. The fourth-order valence-electron chi connectivity index (χ4n) is 4.03. The third kappa shape index (κ3) is 21.7. The molecule has 1 aliphatic carbocycles. The zero-order chi connectivity index (χ0) is 21.6. The number of allylic oxidation sites excluding steroid dienone is 2. The minimum Gasteiger partial charge on any atom is -0.370 e. The molecule has 172 valence electrons. The fraction of sp³-hybridized carbons (Fsp3) is 0.885. The molecule has 0 aliphatic heterocycles. The molecule has 0 aromatic heterocycles. The van der Waals surface area contributed by atoms with Gasteiger partial charge in [0.2, 0.25) is 5.91 Å². The standard InChI is InChI=1S/C18H35NO.C8H17N/c1-2-3-4-5-6-7-8-9-10-11-12-13-14-15-16-17-18(19)20;1-7(9)8-5-3-2-4-6-8/h9-10H,2-8,11-17H2,1H3,(H2,19,20);7-8H,2-6,9H2,1H3/t;7-/m.0/s1. The highest BCUT2D eigenvalue weighted by atomic mass is 16.1. The number of hydrogen-bond acceptors (Lipinski definition) is 2. The normalized spacial score (nSPS) is 15.8. The van der Waals surface area contributed by atoms with Crippen LogP contribution in [0.25, 0.3) is 0 Å². The minimum absolute atomic E-state index is 0.164. The number of rotatable bonds is 16. The van der Waals surface area contributed by atoms with Gasteiger partial charge in [0.1, 0.15) is 0 Å². The van der Waals surface area contributed by atoms with E-state index in [1.807, 2.05) is 0 Å². The Balaban J connectivity index is 0.000000717. The summed E-state index contributed by atoms with van der Waals surface area (Å²) < 4.78 is 0. The van der Waals surface area contributed by atoms with Gasteiger partial charge < -0.3 is 11.5 Å². The molecule has 1 aliphatic rings. The van der Waals surface area contributed by atoms with Crippen molar-refractivity contribution in [3.8, 4) is 0 Å². The molecule has 0 radical (unpaired) electrons. The molecule has 4 N–H and O–H groups in total. The van der Waals surface area contributed by atoms with Crippen LogP contribution in [0.4, 0.5) is 0 Å². The van der Waals surface area contributed by atoms with Crippen molar-refractivity contribution in [2.75, 3.05) is 0 Å². The van der Waals surface area contributed by atoms with Gasteiger partial charge in [-0.3, -0.25) is 4.79 Å². The Morgan fingerprint density at radius 3 is 1.76 bits per heavy atom. The molecule has 1 saturated carbocycles. The summed E-state index contributed by atoms with van der Waals surface area (Å²) in [6.45, 7) is 4.40. The summed E-state index contributed by atoms with van der Waals surface area (Å²) in [7, 11) is 0. The Kier molecular flexibility index (Phi) is 21.2. The van der Waals surface area contributed by atoms with Gasteiger partial charge in [-0.1, -0.05) is 89.7 Å². The Morgan fingerprint density at radius 1 is 0.828 bits per heavy atom. The maximum Gasteiger partial charge on any atom is 0.217 e. The lowest BCUT2D eigenvalue weighted by molar-refractivity contribution is -0.118. The van der Waals surface area contributed by atoms with Gasteiger partial charge in [0.15, 0.2) is 0 Å². The lowest BCUT2D eigenvalue weighted by Gasteiger charge is -2.24. The lowest BCUT2D eigenvalue weighted by Crippen LogP contribution is -2.27. The summed E-state index contributed by atoms with van der Waals surface area (Å²) in [5.74, 6) is 0.668. The molecule has 0 aromatic rings. The first kappa shape index (κ1) is 28.2. The number of hydrogen-bond donors (Lipinski definition) is 2. The van der Waals surface area contributed by atoms with Gasteiger partial charge in [0.05, 0.1) is 0 Å². The molecule has 0 heterocycles. The molecule has 0 spiro atoms. The van der Waals surface area contributed by atoms with E-state index in [9.17, 15) is 4.79 Å². The molecule has 29 heavy (non-hydrogen) atoms. The molecule has 0 bridgehead atoms. The van der Waals surface area contributed by atoms with Crippen LogP contribution in [0.5, 0.6) is 0 Å². The minimum atomic E-state index is -0.164. The van der Waals surface area contributed by atoms with E-state index in [1.165, 1.54) is 103 Å². The van der Waals surface area contributed by atoms with Crippen LogP contribution in [0.3, 0.4) is 0 Å². The lowest BCUT2D eigenvalue weighted by atomic mass is 9.85. The van der Waals surface area contributed by atoms with Crippen LogP contribution in [0.15, 0.2) is 12.2 Å². The summed E-state index contributed by atoms with van der Waals surface area (Å²) >= 11 is 0. The van der Waals surface area contributed by atoms with Crippen LogP contribution in [0.2, 0.25) is 0 Å². The van der Waals surface area contributed by atoms with Crippen molar-refractivity contribution in [1.29, 1.82) is 0 Å². The van der Waals surface area contributed by atoms with Crippen molar-refractivity contribution in [3.05, 3.63) is 12.2 Å². The second-order valence-electron chi connectivity index (χ2n) is 9.06. The van der Waals surface area contributed by atoms with Crippen molar-refractivity contribution in [2.45, 2.75) is 142 Å². The van der Waals surface area contributed by atoms with Crippen LogP contribution in [0.1, 0.15) is 136 Å². The van der Waals surface area contributed by atoms with E-state index in [0.717, 1.165) is 18.8 Å². The van der Waals surface area contributed by atoms with Gasteiger partial charge in [-0.2, -0.15) is 0 Å². The van der Waals surface area contributed by atoms with Gasteiger partial charge in [-0.05, 0) is 57.8 Å². The molecular weight excluding hydrogens is 356 g/mol. The first-order valence-corrected chi connectivity index (χ1v) is 12.8. The van der Waals surface area contributed by atoms with Crippen molar-refractivity contribution >= 4 is 5.91 Å². The van der Waals surface area contributed by atoms with E-state index in [4.69, 9.17) is 11.5 Å². The zero-order valence-corrected chi connectivity index (χ0v) is 19.8. The summed E-state index contributed by atoms with van der Waals surface area (Å²) in [6.07, 6.45) is 28.9. The average molecular weight is 409 g/mol. The largest absolute Gasteiger partial charge is 0.370 e. The van der Waals surface area contributed by atoms with Gasteiger partial charge >= 0.3 is 0 Å². The Labute approximate surface area is 182 Å². The third-order valence-corrected chi connectivity index (χ3v) is 6.08. The fourth-order valence-corrected chi connectivity index (χ4v) is 4.03. The van der Waals surface area contributed by atoms with Crippen molar-refractivity contribution < 1.29 is 4.79 Å². The van der Waals surface area contributed by atoms with Gasteiger partial charge in [0, 0.05) is 12.5 Å². The highest BCUT2D eigenvalue weighted by Gasteiger charge is 2.16. The van der Waals surface area contributed by atoms with E-state index in [1.54, 1.807) is 0 Å². The predicted octanol–water partition coefficient (Wildman–Crippen LogP) is 7.42. The first-order chi connectivity index (χ1) is 14.1. The van der Waals surface area contributed by atoms with E-state index >= 15 is 0 Å². The SMILES string of the molecule is CCCCCCCCC=CCCCCCCCC(N)=O.C[C@H](N)C1CCCCC1. The molecule has 0 saturated heterocycles. The van der Waals surface area contributed by atoms with Crippen LogP contribution in [0, 0.1) is 5.92 Å². The Hall–Kier alpha value is -0.830. The Bertz CT molecular complexity index is 373. The number of amides is 1. The summed E-state index contributed by atoms with van der Waals surface area (Å²) in [4.78, 5) is 10.5. The van der Waals surface area contributed by atoms with Crippen molar-refractivity contribution in [2.24, 2.45) is 17.4 Å². The molecular formula is C26H52N2O. The molecule has 0 unspecified atom stereocenters. The van der Waals surface area contributed by atoms with Crippen molar-refractivity contribution in [3.63, 3.8) is 0 Å². The zero-order valence-electron chi connectivity index (χ0n) is 19.8. The van der Waals surface area contributed by atoms with Crippen LogP contribution in [-0.4, -0.2) is 11.9 Å². The van der Waals surface area contributed by atoms with E-state index in [0.29, 0.717) is 12.5 Å². The predicted molar refractivity (Wildman–Crippen MR) is 129 cm³/mol. The monoisotopic (exact) mass is 408 g/mol. The number of nitrogens with two attached hydrogens (primary N) is 2. The molecule has 3 nitrogen and oxygen atoms in total. The number of carbonyl (C=O) groups is 1. The van der Waals surface area contributed by atoms with Crippen LogP contribution >= 0.6 is 0 Å². The van der Waals surface area contributed by atoms with E-state index < -0.39 is 0 Å². The molecule has 1 atom stereocenters. The number of primary amides is 1. The number of carbonyl (C=O) groups excluding carboxylic acids is 1. The quantitative estimate of drug-likeness (QED) is 0.206. The molecule has 1 rings (SSSR count). The highest BCUT2D eigenvalue weighted by molar-refractivity contribution is 5.73. The topological polar surface area (TPSA) is 69.1 Å². The summed E-state index contributed by atoms with van der Waals surface area (Å²) in [5.41, 5.74) is 10.9. The van der Waals surface area contributed by atoms with E-state index in [-0.39, 0.29) is 5.91 Å². The van der Waals surface area contributed by atoms with Gasteiger partial charge in [-0.15, -0.1) is 0 Å². The molecule has 3 heteroatoms. The van der Waals surface area contributed by atoms with Crippen molar-refractivity contribution in [1.82, 2.24) is 0 Å². The smallest absolute Gasteiger partial charge is 0.217 e. The third-order valence-electron chi connectivity index (χ3n) is 6.08. The maximum absolute atomic E-state index is 10.5.